The second-order valence-electron chi connectivity index (χ2n) is 8.55. The minimum absolute atomic E-state index is 0.332. The number of aryl methyl sites for hydroxylation is 3. The summed E-state index contributed by atoms with van der Waals surface area (Å²) < 4.78 is 32.9. The lowest BCUT2D eigenvalue weighted by Crippen LogP contribution is -2.48. The van der Waals surface area contributed by atoms with Crippen molar-refractivity contribution >= 4 is 21.0 Å². The van der Waals surface area contributed by atoms with E-state index in [1.54, 1.807) is 22.5 Å². The molecule has 3 aromatic rings. The largest absolute Gasteiger partial charge is 0.423 e. The quantitative estimate of drug-likeness (QED) is 0.586. The third-order valence-electron chi connectivity index (χ3n) is 6.43. The minimum Gasteiger partial charge on any atom is -0.423 e. The highest BCUT2D eigenvalue weighted by atomic mass is 32.2. The van der Waals surface area contributed by atoms with E-state index in [9.17, 15) is 13.2 Å². The van der Waals surface area contributed by atoms with Gasteiger partial charge in [-0.2, -0.15) is 4.31 Å². The van der Waals surface area contributed by atoms with Crippen LogP contribution in [0.15, 0.2) is 56.6 Å². The van der Waals surface area contributed by atoms with Crippen LogP contribution in [0.1, 0.15) is 28.7 Å². The normalized spacial score (nSPS) is 17.8. The van der Waals surface area contributed by atoms with E-state index in [0.717, 1.165) is 35.8 Å². The second-order valence-corrected chi connectivity index (χ2v) is 10.5. The molecule has 1 saturated heterocycles. The van der Waals surface area contributed by atoms with Gasteiger partial charge in [-0.1, -0.05) is 17.7 Å². The van der Waals surface area contributed by atoms with E-state index in [-0.39, 0.29) is 5.63 Å². The Morgan fingerprint density at radius 1 is 0.935 bits per heavy atom. The molecule has 0 spiro atoms. The Bertz CT molecular complexity index is 1290. The Labute approximate surface area is 182 Å². The standard InChI is InChI=1S/C24H26N2O4S/c1-17-5-7-21(8-6-17)31(28,29)26-11-9-25(10-12-26)16-20-15-24(27)30-23-14-19-4-2-3-18(19)13-22(20)23/h5-8,13-15H,2-4,9-12,16H2,1H3. The van der Waals surface area contributed by atoms with E-state index in [0.29, 0.717) is 43.2 Å². The third-order valence-corrected chi connectivity index (χ3v) is 8.34. The zero-order chi connectivity index (χ0) is 21.6. The summed E-state index contributed by atoms with van der Waals surface area (Å²) in [6.45, 7) is 4.67. The molecule has 1 fully saturated rings. The van der Waals surface area contributed by atoms with Crippen LogP contribution in [0.5, 0.6) is 0 Å². The first kappa shape index (κ1) is 20.4. The number of nitrogens with zero attached hydrogens (tertiary/aromatic N) is 2. The van der Waals surface area contributed by atoms with Crippen molar-refractivity contribution in [2.45, 2.75) is 37.6 Å². The maximum atomic E-state index is 12.9. The summed E-state index contributed by atoms with van der Waals surface area (Å²) in [5.74, 6) is 0. The van der Waals surface area contributed by atoms with Gasteiger partial charge in [0.25, 0.3) is 0 Å². The molecule has 2 aliphatic rings. The Hall–Kier alpha value is -2.48. The zero-order valence-corrected chi connectivity index (χ0v) is 18.5. The van der Waals surface area contributed by atoms with Crippen molar-refractivity contribution in [2.24, 2.45) is 0 Å². The van der Waals surface area contributed by atoms with Crippen molar-refractivity contribution in [3.05, 3.63) is 75.1 Å². The summed E-state index contributed by atoms with van der Waals surface area (Å²) in [7, 11) is -3.48. The van der Waals surface area contributed by atoms with Gasteiger partial charge in [0.05, 0.1) is 4.90 Å². The molecule has 1 aromatic heterocycles. The predicted octanol–water partition coefficient (Wildman–Crippen LogP) is 3.10. The van der Waals surface area contributed by atoms with Gasteiger partial charge >= 0.3 is 5.63 Å². The number of piperazine rings is 1. The first-order valence-corrected chi connectivity index (χ1v) is 12.2. The molecule has 31 heavy (non-hydrogen) atoms. The van der Waals surface area contributed by atoms with E-state index >= 15 is 0 Å². The Morgan fingerprint density at radius 3 is 2.32 bits per heavy atom. The van der Waals surface area contributed by atoms with Gasteiger partial charge in [0.15, 0.2) is 0 Å². The van der Waals surface area contributed by atoms with Crippen molar-refractivity contribution in [2.75, 3.05) is 26.2 Å². The van der Waals surface area contributed by atoms with Crippen LogP contribution in [0.25, 0.3) is 11.0 Å². The third kappa shape index (κ3) is 3.93. The van der Waals surface area contributed by atoms with Gasteiger partial charge in [-0.05, 0) is 67.1 Å². The Balaban J connectivity index is 1.33. The highest BCUT2D eigenvalue weighted by Gasteiger charge is 2.28. The van der Waals surface area contributed by atoms with Gasteiger partial charge in [0.2, 0.25) is 10.0 Å². The Morgan fingerprint density at radius 2 is 1.61 bits per heavy atom. The molecule has 1 aliphatic carbocycles. The molecule has 7 heteroatoms. The van der Waals surface area contributed by atoms with Crippen LogP contribution in [0.3, 0.4) is 0 Å². The second kappa shape index (κ2) is 7.89. The van der Waals surface area contributed by atoms with E-state index in [1.807, 2.05) is 25.1 Å². The average molecular weight is 439 g/mol. The molecule has 162 valence electrons. The van der Waals surface area contributed by atoms with Gasteiger partial charge in [-0.3, -0.25) is 4.90 Å². The van der Waals surface area contributed by atoms with Gasteiger partial charge in [0.1, 0.15) is 5.58 Å². The number of hydrogen-bond donors (Lipinski definition) is 0. The highest BCUT2D eigenvalue weighted by Crippen LogP contribution is 2.29. The first-order chi connectivity index (χ1) is 14.9. The molecule has 5 rings (SSSR count). The van der Waals surface area contributed by atoms with Crippen LogP contribution >= 0.6 is 0 Å². The fraction of sp³-hybridized carbons (Fsp3) is 0.375. The summed E-state index contributed by atoms with van der Waals surface area (Å²) >= 11 is 0. The SMILES string of the molecule is Cc1ccc(S(=O)(=O)N2CCN(Cc3cc(=O)oc4cc5c(cc34)CCC5)CC2)cc1. The van der Waals surface area contributed by atoms with Crippen molar-refractivity contribution in [3.63, 3.8) is 0 Å². The van der Waals surface area contributed by atoms with Crippen molar-refractivity contribution in [3.8, 4) is 0 Å². The molecular formula is C24H26N2O4S. The summed E-state index contributed by atoms with van der Waals surface area (Å²) in [4.78, 5) is 14.7. The molecule has 0 radical (unpaired) electrons. The molecule has 2 aromatic carbocycles. The van der Waals surface area contributed by atoms with E-state index in [1.165, 1.54) is 11.1 Å². The number of benzene rings is 2. The molecule has 0 bridgehead atoms. The first-order valence-electron chi connectivity index (χ1n) is 10.8. The molecule has 0 saturated carbocycles. The van der Waals surface area contributed by atoms with Gasteiger partial charge < -0.3 is 4.42 Å². The summed E-state index contributed by atoms with van der Waals surface area (Å²) in [5.41, 5.74) is 4.94. The molecule has 2 heterocycles. The predicted molar refractivity (Wildman–Crippen MR) is 120 cm³/mol. The van der Waals surface area contributed by atoms with Crippen molar-refractivity contribution in [1.29, 1.82) is 0 Å². The lowest BCUT2D eigenvalue weighted by molar-refractivity contribution is 0.182. The number of fused-ring (bicyclic) bond motifs is 2. The summed E-state index contributed by atoms with van der Waals surface area (Å²) in [5, 5.41) is 0.995. The molecule has 0 unspecified atom stereocenters. The van der Waals surface area contributed by atoms with E-state index in [2.05, 4.69) is 11.0 Å². The molecular weight excluding hydrogens is 412 g/mol. The smallest absolute Gasteiger partial charge is 0.336 e. The maximum absolute atomic E-state index is 12.9. The summed E-state index contributed by atoms with van der Waals surface area (Å²) in [6, 6.07) is 12.8. The van der Waals surface area contributed by atoms with Crippen LogP contribution < -0.4 is 5.63 Å². The van der Waals surface area contributed by atoms with Crippen LogP contribution in [-0.2, 0) is 29.4 Å². The van der Waals surface area contributed by atoms with Crippen LogP contribution in [0.4, 0.5) is 0 Å². The van der Waals surface area contributed by atoms with Crippen LogP contribution in [0.2, 0.25) is 0 Å². The molecule has 0 N–H and O–H groups in total. The van der Waals surface area contributed by atoms with E-state index < -0.39 is 10.0 Å². The van der Waals surface area contributed by atoms with Gasteiger partial charge in [-0.15, -0.1) is 0 Å². The molecule has 1 aliphatic heterocycles. The molecule has 6 nitrogen and oxygen atoms in total. The van der Waals surface area contributed by atoms with Crippen LogP contribution in [0, 0.1) is 6.92 Å². The monoisotopic (exact) mass is 438 g/mol. The maximum Gasteiger partial charge on any atom is 0.336 e. The van der Waals surface area contributed by atoms with Crippen molar-refractivity contribution < 1.29 is 12.8 Å². The summed E-state index contributed by atoms with van der Waals surface area (Å²) in [6.07, 6.45) is 3.25. The number of rotatable bonds is 4. The Kier molecular flexibility index (Phi) is 5.20. The van der Waals surface area contributed by atoms with Gasteiger partial charge in [0, 0.05) is 44.2 Å². The lowest BCUT2D eigenvalue weighted by atomic mass is 10.0. The lowest BCUT2D eigenvalue weighted by Gasteiger charge is -2.34. The highest BCUT2D eigenvalue weighted by molar-refractivity contribution is 7.89. The van der Waals surface area contributed by atoms with Crippen LogP contribution in [-0.4, -0.2) is 43.8 Å². The van der Waals surface area contributed by atoms with Gasteiger partial charge in [-0.25, -0.2) is 13.2 Å². The fourth-order valence-corrected chi connectivity index (χ4v) is 6.08. The minimum atomic E-state index is -3.48. The van der Waals surface area contributed by atoms with Crippen molar-refractivity contribution in [1.82, 2.24) is 9.21 Å². The topological polar surface area (TPSA) is 70.8 Å². The number of sulfonamides is 1. The fourth-order valence-electron chi connectivity index (χ4n) is 4.65. The number of hydrogen-bond acceptors (Lipinski definition) is 5. The molecule has 0 atom stereocenters. The van der Waals surface area contributed by atoms with E-state index in [4.69, 9.17) is 4.42 Å². The molecule has 0 amide bonds. The average Bonchev–Trinajstić information content (AvgIpc) is 3.20. The zero-order valence-electron chi connectivity index (χ0n) is 17.6.